The van der Waals surface area contributed by atoms with Crippen molar-refractivity contribution in [3.05, 3.63) is 52.8 Å². The molecule has 2 rings (SSSR count). The molecule has 0 radical (unpaired) electrons. The van der Waals surface area contributed by atoms with Gasteiger partial charge in [-0.1, -0.05) is 33.3 Å². The summed E-state index contributed by atoms with van der Waals surface area (Å²) in [6.07, 6.45) is 1.64. The zero-order valence-corrected chi connectivity index (χ0v) is 20.8. The Morgan fingerprint density at radius 2 is 1.85 bits per heavy atom. The lowest BCUT2D eigenvalue weighted by Crippen LogP contribution is -2.27. The van der Waals surface area contributed by atoms with Crippen LogP contribution >= 0.6 is 11.8 Å². The number of halogens is 1. The summed E-state index contributed by atoms with van der Waals surface area (Å²) in [6, 6.07) is 7.45. The van der Waals surface area contributed by atoms with Gasteiger partial charge < -0.3 is 14.9 Å². The number of benzene rings is 2. The van der Waals surface area contributed by atoms with E-state index in [0.717, 1.165) is 12.5 Å². The number of hydrogen-bond donors (Lipinski definition) is 2. The van der Waals surface area contributed by atoms with Crippen molar-refractivity contribution in [2.45, 2.75) is 58.3 Å². The maximum atomic E-state index is 14.5. The quantitative estimate of drug-likeness (QED) is 0.204. The molecular formula is C26H31FO6S. The SMILES string of the molecule is CCCc1c(OCCCSc2ccc(C(=O)C(C)(C)CC(=O)O)cc2F)ccc(C(C)=O)c1O. The second-order valence-corrected chi connectivity index (χ2v) is 9.86. The summed E-state index contributed by atoms with van der Waals surface area (Å²) >= 11 is 1.29. The Kier molecular flexibility index (Phi) is 9.67. The molecule has 0 unspecified atom stereocenters. The molecule has 2 aromatic carbocycles. The van der Waals surface area contributed by atoms with Crippen molar-refractivity contribution in [2.75, 3.05) is 12.4 Å². The van der Waals surface area contributed by atoms with Crippen molar-refractivity contribution in [1.82, 2.24) is 0 Å². The molecule has 0 spiro atoms. The van der Waals surface area contributed by atoms with Crippen molar-refractivity contribution in [3.8, 4) is 11.5 Å². The van der Waals surface area contributed by atoms with Crippen LogP contribution in [0.3, 0.4) is 0 Å². The molecule has 0 amide bonds. The lowest BCUT2D eigenvalue weighted by Gasteiger charge is -2.21. The number of carboxylic acids is 1. The number of hydrogen-bond acceptors (Lipinski definition) is 6. The van der Waals surface area contributed by atoms with Crippen LogP contribution in [-0.4, -0.2) is 40.1 Å². The third kappa shape index (κ3) is 7.06. The number of phenols is 1. The monoisotopic (exact) mass is 490 g/mol. The summed E-state index contributed by atoms with van der Waals surface area (Å²) in [5.74, 6) is -1.18. The van der Waals surface area contributed by atoms with Crippen molar-refractivity contribution in [3.63, 3.8) is 0 Å². The van der Waals surface area contributed by atoms with E-state index in [2.05, 4.69) is 0 Å². The van der Waals surface area contributed by atoms with E-state index in [1.807, 2.05) is 6.92 Å². The molecule has 0 bridgehead atoms. The first-order chi connectivity index (χ1) is 16.0. The number of ketones is 2. The molecule has 0 fully saturated rings. The van der Waals surface area contributed by atoms with Crippen molar-refractivity contribution < 1.29 is 33.7 Å². The lowest BCUT2D eigenvalue weighted by molar-refractivity contribution is -0.138. The predicted octanol–water partition coefficient (Wildman–Crippen LogP) is 5.93. The van der Waals surface area contributed by atoms with Crippen LogP contribution in [0.2, 0.25) is 0 Å². The normalized spacial score (nSPS) is 11.3. The van der Waals surface area contributed by atoms with E-state index in [0.29, 0.717) is 41.4 Å². The van der Waals surface area contributed by atoms with Crippen LogP contribution in [0.4, 0.5) is 4.39 Å². The Hall–Kier alpha value is -2.87. The Morgan fingerprint density at radius 1 is 1.15 bits per heavy atom. The molecule has 0 aliphatic rings. The zero-order chi connectivity index (χ0) is 25.5. The van der Waals surface area contributed by atoms with E-state index in [1.165, 1.54) is 44.7 Å². The number of Topliss-reactive ketones (excluding diaryl/α,β-unsaturated/α-hetero) is 2. The highest BCUT2D eigenvalue weighted by Gasteiger charge is 2.31. The number of rotatable bonds is 13. The molecule has 6 nitrogen and oxygen atoms in total. The van der Waals surface area contributed by atoms with Crippen LogP contribution in [0, 0.1) is 11.2 Å². The summed E-state index contributed by atoms with van der Waals surface area (Å²) in [6.45, 7) is 6.79. The van der Waals surface area contributed by atoms with E-state index in [1.54, 1.807) is 12.1 Å². The van der Waals surface area contributed by atoms with Gasteiger partial charge in [-0.3, -0.25) is 14.4 Å². The summed E-state index contributed by atoms with van der Waals surface area (Å²) in [4.78, 5) is 35.6. The third-order valence-electron chi connectivity index (χ3n) is 5.32. The average Bonchev–Trinajstić information content (AvgIpc) is 2.75. The van der Waals surface area contributed by atoms with Crippen molar-refractivity contribution in [1.29, 1.82) is 0 Å². The Labute approximate surface area is 203 Å². The minimum atomic E-state index is -1.13. The molecule has 184 valence electrons. The molecule has 8 heteroatoms. The second kappa shape index (κ2) is 12.0. The molecule has 0 aromatic heterocycles. The molecule has 0 aliphatic carbocycles. The fourth-order valence-electron chi connectivity index (χ4n) is 3.56. The van der Waals surface area contributed by atoms with Crippen molar-refractivity contribution in [2.24, 2.45) is 5.41 Å². The minimum Gasteiger partial charge on any atom is -0.507 e. The van der Waals surface area contributed by atoms with Crippen LogP contribution in [0.5, 0.6) is 11.5 Å². The molecule has 2 aromatic rings. The summed E-state index contributed by atoms with van der Waals surface area (Å²) in [5.41, 5.74) is -0.0957. The van der Waals surface area contributed by atoms with Crippen molar-refractivity contribution >= 4 is 29.3 Å². The Balaban J connectivity index is 1.95. The van der Waals surface area contributed by atoms with Crippen LogP contribution < -0.4 is 4.74 Å². The zero-order valence-electron chi connectivity index (χ0n) is 19.9. The molecule has 0 atom stereocenters. The molecular weight excluding hydrogens is 459 g/mol. The van der Waals surface area contributed by atoms with Crippen LogP contribution in [0.1, 0.15) is 73.2 Å². The van der Waals surface area contributed by atoms with Gasteiger partial charge in [-0.15, -0.1) is 11.8 Å². The van der Waals surface area contributed by atoms with Gasteiger partial charge in [0.05, 0.1) is 18.6 Å². The number of carbonyl (C=O) groups is 3. The van der Waals surface area contributed by atoms with E-state index in [9.17, 15) is 23.9 Å². The fraction of sp³-hybridized carbons (Fsp3) is 0.423. The first kappa shape index (κ1) is 27.4. The number of thioether (sulfide) groups is 1. The molecule has 34 heavy (non-hydrogen) atoms. The van der Waals surface area contributed by atoms with E-state index in [-0.39, 0.29) is 29.1 Å². The number of aromatic hydroxyl groups is 1. The number of phenolic OH excluding ortho intramolecular Hbond substituents is 1. The van der Waals surface area contributed by atoms with Gasteiger partial charge in [-0.25, -0.2) is 4.39 Å². The standard InChI is InChI=1S/C26H31FO6S/c1-5-7-19-21(10-9-18(16(2)28)24(19)31)33-12-6-13-34-22-11-8-17(14-20(22)27)25(32)26(3,4)15-23(29)30/h8-11,14,31H,5-7,12-13,15H2,1-4H3,(H,29,30). The van der Waals surface area contributed by atoms with Crippen LogP contribution in [0.25, 0.3) is 0 Å². The summed E-state index contributed by atoms with van der Waals surface area (Å²) < 4.78 is 20.4. The average molecular weight is 491 g/mol. The van der Waals surface area contributed by atoms with E-state index >= 15 is 0 Å². The first-order valence-corrected chi connectivity index (χ1v) is 12.1. The predicted molar refractivity (Wildman–Crippen MR) is 130 cm³/mol. The summed E-state index contributed by atoms with van der Waals surface area (Å²) in [5, 5.41) is 19.4. The van der Waals surface area contributed by atoms with E-state index in [4.69, 9.17) is 9.84 Å². The first-order valence-electron chi connectivity index (χ1n) is 11.2. The van der Waals surface area contributed by atoms with Gasteiger partial charge >= 0.3 is 5.97 Å². The maximum absolute atomic E-state index is 14.5. The highest BCUT2D eigenvalue weighted by molar-refractivity contribution is 7.99. The molecule has 2 N–H and O–H groups in total. The maximum Gasteiger partial charge on any atom is 0.304 e. The number of aliphatic carboxylic acids is 1. The smallest absolute Gasteiger partial charge is 0.304 e. The number of ether oxygens (including phenoxy) is 1. The van der Waals surface area contributed by atoms with Gasteiger partial charge in [-0.2, -0.15) is 0 Å². The highest BCUT2D eigenvalue weighted by Crippen LogP contribution is 2.33. The lowest BCUT2D eigenvalue weighted by atomic mass is 9.81. The highest BCUT2D eigenvalue weighted by atomic mass is 32.2. The Bertz CT molecular complexity index is 1060. The van der Waals surface area contributed by atoms with Crippen LogP contribution in [0.15, 0.2) is 35.2 Å². The number of carboxylic acid groups (broad SMARTS) is 1. The van der Waals surface area contributed by atoms with Gasteiger partial charge in [0, 0.05) is 27.2 Å². The van der Waals surface area contributed by atoms with E-state index < -0.39 is 23.0 Å². The second-order valence-electron chi connectivity index (χ2n) is 8.72. The Morgan fingerprint density at radius 3 is 2.44 bits per heavy atom. The summed E-state index contributed by atoms with van der Waals surface area (Å²) in [7, 11) is 0. The molecule has 0 saturated heterocycles. The molecule has 0 saturated carbocycles. The van der Waals surface area contributed by atoms with Gasteiger partial charge in [0.25, 0.3) is 0 Å². The van der Waals surface area contributed by atoms with Gasteiger partial charge in [0.2, 0.25) is 0 Å². The van der Waals surface area contributed by atoms with Gasteiger partial charge in [-0.05, 0) is 44.0 Å². The minimum absolute atomic E-state index is 0.0375. The van der Waals surface area contributed by atoms with Crippen LogP contribution in [-0.2, 0) is 11.2 Å². The fourth-order valence-corrected chi connectivity index (χ4v) is 4.40. The topological polar surface area (TPSA) is 101 Å². The van der Waals surface area contributed by atoms with Gasteiger partial charge in [0.1, 0.15) is 17.3 Å². The number of carbonyl (C=O) groups excluding carboxylic acids is 2. The largest absolute Gasteiger partial charge is 0.507 e. The molecule has 0 heterocycles. The van der Waals surface area contributed by atoms with Gasteiger partial charge in [0.15, 0.2) is 11.6 Å². The third-order valence-corrected chi connectivity index (χ3v) is 6.46. The molecule has 0 aliphatic heterocycles.